The molecule has 0 N–H and O–H groups in total. The minimum atomic E-state index is 0.797. The van der Waals surface area contributed by atoms with Crippen molar-refractivity contribution >= 4 is 10.8 Å². The Labute approximate surface area is 161 Å². The van der Waals surface area contributed by atoms with Gasteiger partial charge in [-0.2, -0.15) is 0 Å². The van der Waals surface area contributed by atoms with Crippen molar-refractivity contribution in [3.05, 3.63) is 47.5 Å². The summed E-state index contributed by atoms with van der Waals surface area (Å²) in [6.45, 7) is 4.60. The van der Waals surface area contributed by atoms with Crippen LogP contribution >= 0.6 is 0 Å². The highest BCUT2D eigenvalue weighted by molar-refractivity contribution is 5.84. The molecule has 0 heteroatoms. The Morgan fingerprint density at radius 3 is 2.23 bits per heavy atom. The van der Waals surface area contributed by atoms with Crippen LogP contribution < -0.4 is 0 Å². The van der Waals surface area contributed by atoms with Crippen LogP contribution in [0.3, 0.4) is 0 Å². The molecule has 0 unspecified atom stereocenters. The second-order valence-corrected chi connectivity index (χ2v) is 8.61. The van der Waals surface area contributed by atoms with E-state index >= 15 is 0 Å². The van der Waals surface area contributed by atoms with Gasteiger partial charge in [-0.25, -0.2) is 0 Å². The lowest BCUT2D eigenvalue weighted by Crippen LogP contribution is -2.13. The second-order valence-electron chi connectivity index (χ2n) is 8.61. The van der Waals surface area contributed by atoms with Crippen molar-refractivity contribution in [1.82, 2.24) is 0 Å². The van der Waals surface area contributed by atoms with E-state index in [1.54, 1.807) is 5.56 Å². The van der Waals surface area contributed by atoms with Gasteiger partial charge in [-0.15, -0.1) is 0 Å². The van der Waals surface area contributed by atoms with Crippen LogP contribution in [0.5, 0.6) is 0 Å². The third-order valence-electron chi connectivity index (χ3n) is 6.53. The van der Waals surface area contributed by atoms with E-state index in [0.29, 0.717) is 0 Å². The molecule has 0 nitrogen and oxygen atoms in total. The van der Waals surface area contributed by atoms with E-state index in [0.717, 1.165) is 11.8 Å². The zero-order valence-electron chi connectivity index (χ0n) is 17.1. The SMILES string of the molecule is CCCCCCc1ccc2cc([C@H]3CC[C@H](CCCC)CC3)ccc2c1. The molecule has 2 aromatic rings. The lowest BCUT2D eigenvalue weighted by molar-refractivity contribution is 0.304. The van der Waals surface area contributed by atoms with Gasteiger partial charge in [-0.3, -0.25) is 0 Å². The van der Waals surface area contributed by atoms with Crippen LogP contribution in [0.25, 0.3) is 10.8 Å². The maximum atomic E-state index is 2.48. The standard InChI is InChI=1S/C26H38/c1-3-5-7-8-10-22-13-16-26-20-25(18-17-24(26)19-22)23-14-11-21(12-15-23)9-6-4-2/h13,16-21,23H,3-12,14-15H2,1-2H3/t21-,23-. The van der Waals surface area contributed by atoms with Crippen molar-refractivity contribution in [1.29, 1.82) is 0 Å². The maximum absolute atomic E-state index is 2.48. The number of unbranched alkanes of at least 4 members (excludes halogenated alkanes) is 4. The Morgan fingerprint density at radius 2 is 1.46 bits per heavy atom. The van der Waals surface area contributed by atoms with Crippen LogP contribution in [0.4, 0.5) is 0 Å². The lowest BCUT2D eigenvalue weighted by Gasteiger charge is -2.29. The molecule has 1 aliphatic carbocycles. The second kappa shape index (κ2) is 10.1. The minimum absolute atomic E-state index is 0.797. The molecule has 0 heterocycles. The number of benzene rings is 2. The predicted octanol–water partition coefficient (Wildman–Crippen LogP) is 8.43. The Morgan fingerprint density at radius 1 is 0.731 bits per heavy atom. The number of hydrogen-bond acceptors (Lipinski definition) is 0. The molecule has 0 spiro atoms. The van der Waals surface area contributed by atoms with E-state index in [9.17, 15) is 0 Å². The summed E-state index contributed by atoms with van der Waals surface area (Å²) in [5.41, 5.74) is 3.10. The number of hydrogen-bond donors (Lipinski definition) is 0. The molecular formula is C26H38. The van der Waals surface area contributed by atoms with Crippen molar-refractivity contribution in [3.8, 4) is 0 Å². The van der Waals surface area contributed by atoms with Crippen LogP contribution in [-0.2, 0) is 6.42 Å². The summed E-state index contributed by atoms with van der Waals surface area (Å²) in [5.74, 6) is 1.80. The Kier molecular flexibility index (Phi) is 7.59. The highest BCUT2D eigenvalue weighted by Crippen LogP contribution is 2.38. The van der Waals surface area contributed by atoms with Gasteiger partial charge in [0.15, 0.2) is 0 Å². The zero-order chi connectivity index (χ0) is 18.2. The largest absolute Gasteiger partial charge is 0.0654 e. The average Bonchev–Trinajstić information content (AvgIpc) is 2.69. The summed E-state index contributed by atoms with van der Waals surface area (Å²) in [6, 6.07) is 14.4. The predicted molar refractivity (Wildman–Crippen MR) is 116 cm³/mol. The number of fused-ring (bicyclic) bond motifs is 1. The summed E-state index contributed by atoms with van der Waals surface area (Å²) in [6.07, 6.45) is 16.5. The molecule has 26 heavy (non-hydrogen) atoms. The molecule has 0 atom stereocenters. The summed E-state index contributed by atoms with van der Waals surface area (Å²) < 4.78 is 0. The van der Waals surface area contributed by atoms with Crippen LogP contribution in [0.2, 0.25) is 0 Å². The Bertz CT molecular complexity index is 661. The highest BCUT2D eigenvalue weighted by atomic mass is 14.3. The molecule has 142 valence electrons. The first-order valence-electron chi connectivity index (χ1n) is 11.3. The monoisotopic (exact) mass is 350 g/mol. The molecule has 0 bridgehead atoms. The maximum Gasteiger partial charge on any atom is -0.0162 e. The van der Waals surface area contributed by atoms with E-state index in [-0.39, 0.29) is 0 Å². The third kappa shape index (κ3) is 5.35. The molecule has 0 aromatic heterocycles. The molecule has 2 aromatic carbocycles. The first-order chi connectivity index (χ1) is 12.8. The van der Waals surface area contributed by atoms with Gasteiger partial charge in [-0.1, -0.05) is 88.8 Å². The molecule has 1 saturated carbocycles. The van der Waals surface area contributed by atoms with Crippen LogP contribution in [0.1, 0.15) is 102 Å². The van der Waals surface area contributed by atoms with Gasteiger partial charge in [0.25, 0.3) is 0 Å². The molecule has 3 rings (SSSR count). The molecule has 1 fully saturated rings. The van der Waals surface area contributed by atoms with Crippen molar-refractivity contribution in [2.75, 3.05) is 0 Å². The van der Waals surface area contributed by atoms with Gasteiger partial charge in [0.05, 0.1) is 0 Å². The Balaban J connectivity index is 1.59. The van der Waals surface area contributed by atoms with Crippen molar-refractivity contribution < 1.29 is 0 Å². The fraction of sp³-hybridized carbons (Fsp3) is 0.615. The smallest absolute Gasteiger partial charge is 0.0162 e. The van der Waals surface area contributed by atoms with E-state index in [1.807, 2.05) is 0 Å². The van der Waals surface area contributed by atoms with E-state index in [4.69, 9.17) is 0 Å². The summed E-state index contributed by atoms with van der Waals surface area (Å²) >= 11 is 0. The highest BCUT2D eigenvalue weighted by Gasteiger charge is 2.22. The fourth-order valence-electron chi connectivity index (χ4n) is 4.76. The zero-order valence-corrected chi connectivity index (χ0v) is 17.1. The lowest BCUT2D eigenvalue weighted by atomic mass is 9.77. The average molecular weight is 351 g/mol. The van der Waals surface area contributed by atoms with Crippen molar-refractivity contribution in [2.24, 2.45) is 5.92 Å². The van der Waals surface area contributed by atoms with Crippen LogP contribution in [0, 0.1) is 5.92 Å². The van der Waals surface area contributed by atoms with Gasteiger partial charge in [0.1, 0.15) is 0 Å². The first kappa shape index (κ1) is 19.5. The fourth-order valence-corrected chi connectivity index (χ4v) is 4.76. The van der Waals surface area contributed by atoms with Crippen molar-refractivity contribution in [3.63, 3.8) is 0 Å². The van der Waals surface area contributed by atoms with E-state index in [1.165, 1.54) is 93.4 Å². The summed E-state index contributed by atoms with van der Waals surface area (Å²) in [4.78, 5) is 0. The van der Waals surface area contributed by atoms with Gasteiger partial charge < -0.3 is 0 Å². The third-order valence-corrected chi connectivity index (χ3v) is 6.53. The molecule has 0 aliphatic heterocycles. The van der Waals surface area contributed by atoms with Gasteiger partial charge in [0, 0.05) is 0 Å². The Hall–Kier alpha value is -1.30. The number of aryl methyl sites for hydroxylation is 1. The molecule has 1 aliphatic rings. The molecular weight excluding hydrogens is 312 g/mol. The normalized spacial score (nSPS) is 20.5. The first-order valence-corrected chi connectivity index (χ1v) is 11.3. The molecule has 0 amide bonds. The van der Waals surface area contributed by atoms with E-state index in [2.05, 4.69) is 50.2 Å². The summed E-state index contributed by atoms with van der Waals surface area (Å²) in [7, 11) is 0. The number of rotatable bonds is 9. The van der Waals surface area contributed by atoms with Gasteiger partial charge in [-0.05, 0) is 72.3 Å². The van der Waals surface area contributed by atoms with Gasteiger partial charge in [0.2, 0.25) is 0 Å². The minimum Gasteiger partial charge on any atom is -0.0654 e. The van der Waals surface area contributed by atoms with Crippen LogP contribution in [-0.4, -0.2) is 0 Å². The van der Waals surface area contributed by atoms with Crippen LogP contribution in [0.15, 0.2) is 36.4 Å². The van der Waals surface area contributed by atoms with Gasteiger partial charge >= 0.3 is 0 Å². The topological polar surface area (TPSA) is 0 Å². The van der Waals surface area contributed by atoms with E-state index < -0.39 is 0 Å². The molecule has 0 radical (unpaired) electrons. The summed E-state index contributed by atoms with van der Waals surface area (Å²) in [5, 5.41) is 2.87. The molecule has 0 saturated heterocycles. The quantitative estimate of drug-likeness (QED) is 0.398. The van der Waals surface area contributed by atoms with Crippen molar-refractivity contribution in [2.45, 2.75) is 96.8 Å².